The van der Waals surface area contributed by atoms with Gasteiger partial charge in [-0.1, -0.05) is 20.8 Å². The van der Waals surface area contributed by atoms with E-state index in [2.05, 4.69) is 20.8 Å². The van der Waals surface area contributed by atoms with Crippen molar-refractivity contribution in [2.75, 3.05) is 6.54 Å². The molecule has 0 aromatic carbocycles. The quantitative estimate of drug-likeness (QED) is 0.721. The van der Waals surface area contributed by atoms with Gasteiger partial charge < -0.3 is 5.73 Å². The highest BCUT2D eigenvalue weighted by atomic mass is 16.7. The number of nitrogens with two attached hydrogens (primary N) is 1. The Kier molecular flexibility index (Phi) is 3.17. The van der Waals surface area contributed by atoms with Crippen LogP contribution in [0.25, 0.3) is 0 Å². The van der Waals surface area contributed by atoms with E-state index >= 15 is 0 Å². The van der Waals surface area contributed by atoms with Gasteiger partial charge in [-0.25, -0.2) is 5.06 Å². The number of hydrogen-bond acceptors (Lipinski definition) is 3. The number of amides is 1. The molecule has 0 aromatic heterocycles. The average molecular weight is 200 g/mol. The topological polar surface area (TPSA) is 55.6 Å². The number of hydrogen-bond donors (Lipinski definition) is 1. The third kappa shape index (κ3) is 2.69. The van der Waals surface area contributed by atoms with Gasteiger partial charge in [0.2, 0.25) is 5.91 Å². The molecule has 0 radical (unpaired) electrons. The summed E-state index contributed by atoms with van der Waals surface area (Å²) in [5.41, 5.74) is 5.62. The van der Waals surface area contributed by atoms with Crippen LogP contribution < -0.4 is 5.73 Å². The van der Waals surface area contributed by atoms with E-state index in [1.165, 1.54) is 5.06 Å². The van der Waals surface area contributed by atoms with Gasteiger partial charge in [0.25, 0.3) is 0 Å². The van der Waals surface area contributed by atoms with Crippen LogP contribution in [0.2, 0.25) is 0 Å². The van der Waals surface area contributed by atoms with Crippen LogP contribution in [0.15, 0.2) is 0 Å². The van der Waals surface area contributed by atoms with Gasteiger partial charge in [-0.15, -0.1) is 0 Å². The van der Waals surface area contributed by atoms with E-state index < -0.39 is 0 Å². The highest BCUT2D eigenvalue weighted by Crippen LogP contribution is 2.30. The second kappa shape index (κ2) is 3.87. The SMILES string of the molecule is CC(N)CN1OC(C(C)(C)C)CC1=O. The Labute approximate surface area is 85.3 Å². The molecule has 1 rings (SSSR count). The van der Waals surface area contributed by atoms with Gasteiger partial charge in [-0.3, -0.25) is 9.63 Å². The van der Waals surface area contributed by atoms with Crippen LogP contribution in [0.3, 0.4) is 0 Å². The fourth-order valence-corrected chi connectivity index (χ4v) is 1.38. The van der Waals surface area contributed by atoms with E-state index in [9.17, 15) is 4.79 Å². The maximum atomic E-state index is 11.5. The highest BCUT2D eigenvalue weighted by molar-refractivity contribution is 5.77. The second-order valence-corrected chi connectivity index (χ2v) is 5.10. The molecular formula is C10H20N2O2. The summed E-state index contributed by atoms with van der Waals surface area (Å²) in [5, 5.41) is 1.40. The van der Waals surface area contributed by atoms with Crippen molar-refractivity contribution in [3.8, 4) is 0 Å². The smallest absolute Gasteiger partial charge is 0.248 e. The zero-order valence-corrected chi connectivity index (χ0v) is 9.41. The predicted octanol–water partition coefficient (Wildman–Crippen LogP) is 0.912. The number of carbonyl (C=O) groups is 1. The molecule has 1 aliphatic heterocycles. The van der Waals surface area contributed by atoms with Gasteiger partial charge in [0, 0.05) is 6.04 Å². The molecule has 2 unspecified atom stereocenters. The van der Waals surface area contributed by atoms with Gasteiger partial charge in [0.05, 0.1) is 19.1 Å². The molecule has 1 amide bonds. The van der Waals surface area contributed by atoms with E-state index in [-0.39, 0.29) is 23.5 Å². The third-order valence-corrected chi connectivity index (χ3v) is 2.31. The molecule has 4 nitrogen and oxygen atoms in total. The molecule has 2 atom stereocenters. The molecule has 82 valence electrons. The Morgan fingerprint density at radius 2 is 2.21 bits per heavy atom. The first-order valence-corrected chi connectivity index (χ1v) is 5.03. The van der Waals surface area contributed by atoms with E-state index in [0.29, 0.717) is 13.0 Å². The van der Waals surface area contributed by atoms with E-state index in [4.69, 9.17) is 10.6 Å². The fraction of sp³-hybridized carbons (Fsp3) is 0.900. The van der Waals surface area contributed by atoms with Crippen molar-refractivity contribution in [3.63, 3.8) is 0 Å². The predicted molar refractivity (Wildman–Crippen MR) is 54.3 cm³/mol. The molecular weight excluding hydrogens is 180 g/mol. The van der Waals surface area contributed by atoms with Gasteiger partial charge in [0.1, 0.15) is 0 Å². The van der Waals surface area contributed by atoms with Crippen molar-refractivity contribution >= 4 is 5.91 Å². The molecule has 0 spiro atoms. The molecule has 1 saturated heterocycles. The normalized spacial score (nSPS) is 25.6. The lowest BCUT2D eigenvalue weighted by Crippen LogP contribution is -2.36. The Balaban J connectivity index is 2.56. The van der Waals surface area contributed by atoms with Crippen LogP contribution in [-0.4, -0.2) is 29.7 Å². The highest BCUT2D eigenvalue weighted by Gasteiger charge is 2.38. The molecule has 1 heterocycles. The molecule has 1 fully saturated rings. The zero-order chi connectivity index (χ0) is 10.9. The monoisotopic (exact) mass is 200 g/mol. The average Bonchev–Trinajstić information content (AvgIpc) is 2.30. The number of carbonyl (C=O) groups excluding carboxylic acids is 1. The molecule has 0 aliphatic carbocycles. The Morgan fingerprint density at radius 1 is 1.64 bits per heavy atom. The summed E-state index contributed by atoms with van der Waals surface area (Å²) in [7, 11) is 0. The molecule has 2 N–H and O–H groups in total. The van der Waals surface area contributed by atoms with Crippen LogP contribution in [-0.2, 0) is 9.63 Å². The van der Waals surface area contributed by atoms with Gasteiger partial charge in [0.15, 0.2) is 0 Å². The lowest BCUT2D eigenvalue weighted by molar-refractivity contribution is -0.185. The van der Waals surface area contributed by atoms with Crippen molar-refractivity contribution < 1.29 is 9.63 Å². The number of hydroxylamine groups is 2. The van der Waals surface area contributed by atoms with Gasteiger partial charge in [-0.2, -0.15) is 0 Å². The number of rotatable bonds is 2. The standard InChI is InChI=1S/C10H20N2O2/c1-7(11)6-12-9(13)5-8(14-12)10(2,3)4/h7-8H,5-6,11H2,1-4H3. The second-order valence-electron chi connectivity index (χ2n) is 5.10. The number of nitrogens with zero attached hydrogens (tertiary/aromatic N) is 1. The summed E-state index contributed by atoms with van der Waals surface area (Å²) in [5.74, 6) is 0.0437. The minimum absolute atomic E-state index is 0.00223. The summed E-state index contributed by atoms with van der Waals surface area (Å²) in [6, 6.07) is -0.0438. The summed E-state index contributed by atoms with van der Waals surface area (Å²) < 4.78 is 0. The lowest BCUT2D eigenvalue weighted by atomic mass is 9.87. The third-order valence-electron chi connectivity index (χ3n) is 2.31. The van der Waals surface area contributed by atoms with E-state index in [0.717, 1.165) is 0 Å². The van der Waals surface area contributed by atoms with Crippen molar-refractivity contribution in [1.29, 1.82) is 0 Å². The van der Waals surface area contributed by atoms with Gasteiger partial charge in [-0.05, 0) is 12.3 Å². The molecule has 0 bridgehead atoms. The molecule has 0 aromatic rings. The lowest BCUT2D eigenvalue weighted by Gasteiger charge is -2.26. The minimum Gasteiger partial charge on any atom is -0.326 e. The maximum absolute atomic E-state index is 11.5. The molecule has 14 heavy (non-hydrogen) atoms. The summed E-state index contributed by atoms with van der Waals surface area (Å²) in [6.45, 7) is 8.55. The van der Waals surface area contributed by atoms with Crippen LogP contribution >= 0.6 is 0 Å². The molecule has 0 saturated carbocycles. The largest absolute Gasteiger partial charge is 0.326 e. The van der Waals surface area contributed by atoms with E-state index in [1.54, 1.807) is 0 Å². The summed E-state index contributed by atoms with van der Waals surface area (Å²) >= 11 is 0. The summed E-state index contributed by atoms with van der Waals surface area (Å²) in [4.78, 5) is 17.1. The van der Waals surface area contributed by atoms with E-state index in [1.807, 2.05) is 6.92 Å². The van der Waals surface area contributed by atoms with Gasteiger partial charge >= 0.3 is 0 Å². The maximum Gasteiger partial charge on any atom is 0.248 e. The summed E-state index contributed by atoms with van der Waals surface area (Å²) in [6.07, 6.45) is 0.449. The minimum atomic E-state index is -0.0438. The van der Waals surface area contributed by atoms with Crippen LogP contribution in [0, 0.1) is 5.41 Å². The fourth-order valence-electron chi connectivity index (χ4n) is 1.38. The molecule has 4 heteroatoms. The first-order chi connectivity index (χ1) is 6.30. The zero-order valence-electron chi connectivity index (χ0n) is 9.41. The Morgan fingerprint density at radius 3 is 2.57 bits per heavy atom. The molecule has 1 aliphatic rings. The first kappa shape index (κ1) is 11.5. The van der Waals surface area contributed by atoms with Crippen LogP contribution in [0.1, 0.15) is 34.1 Å². The van der Waals surface area contributed by atoms with Crippen LogP contribution in [0.4, 0.5) is 0 Å². The Bertz CT molecular complexity index is 221. The first-order valence-electron chi connectivity index (χ1n) is 5.03. The Hall–Kier alpha value is -0.610. The van der Waals surface area contributed by atoms with Crippen molar-refractivity contribution in [2.24, 2.45) is 11.1 Å². The van der Waals surface area contributed by atoms with Crippen molar-refractivity contribution in [3.05, 3.63) is 0 Å². The van der Waals surface area contributed by atoms with Crippen LogP contribution in [0.5, 0.6) is 0 Å². The van der Waals surface area contributed by atoms with Crippen molar-refractivity contribution in [2.45, 2.75) is 46.3 Å². The van der Waals surface area contributed by atoms with Crippen molar-refractivity contribution in [1.82, 2.24) is 5.06 Å².